The highest BCUT2D eigenvalue weighted by molar-refractivity contribution is 7.92. The van der Waals surface area contributed by atoms with E-state index in [-0.39, 0.29) is 5.78 Å². The summed E-state index contributed by atoms with van der Waals surface area (Å²) in [6.45, 7) is 8.46. The topological polar surface area (TPSA) is 114 Å². The molecule has 1 aliphatic rings. The summed E-state index contributed by atoms with van der Waals surface area (Å²) in [5.41, 5.74) is 5.83. The van der Waals surface area contributed by atoms with Gasteiger partial charge in [0.2, 0.25) is 10.0 Å². The van der Waals surface area contributed by atoms with Gasteiger partial charge in [-0.05, 0) is 68.8 Å². The van der Waals surface area contributed by atoms with Gasteiger partial charge in [-0.3, -0.25) is 9.52 Å². The third-order valence-electron chi connectivity index (χ3n) is 10.2. The number of hydrogen-bond donors (Lipinski definition) is 2. The number of halogens is 1. The number of anilines is 4. The lowest BCUT2D eigenvalue weighted by Gasteiger charge is -2.24. The van der Waals surface area contributed by atoms with E-state index >= 15 is 0 Å². The van der Waals surface area contributed by atoms with Crippen LogP contribution in [0.1, 0.15) is 101 Å². The summed E-state index contributed by atoms with van der Waals surface area (Å²) in [6, 6.07) is 22.2. The third-order valence-corrected chi connectivity index (χ3v) is 11.0. The molecular weight excluding hydrogens is 730 g/mol. The molecule has 0 unspecified atom stereocenters. The van der Waals surface area contributed by atoms with Crippen LogP contribution in [0.5, 0.6) is 5.75 Å². The molecule has 0 radical (unpaired) electrons. The highest BCUT2D eigenvalue weighted by atomic mass is 35.5. The largest absolute Gasteiger partial charge is 0.491 e. The number of ether oxygens (including phenoxy) is 1. The van der Waals surface area contributed by atoms with Gasteiger partial charge in [-0.15, -0.1) is 0 Å². The molecule has 0 amide bonds. The standard InChI is InChI=1S/C44H52ClN5O4S/c1-5-8-9-10-11-12-13-14-15-18-27-54-39-26-21-30(45)28-38(39)46-36-25-24-35-40-41(36)43(51)33-20-17-16-19-32(33)42(40)48-44(47-35)34-23-22-31(50(6-2)7-3)29-37(34)49-55(4,52)53/h16-17,19-26,28-29,46,49H,5-15,18,27H2,1-4H3. The van der Waals surface area contributed by atoms with E-state index in [0.717, 1.165) is 37.9 Å². The van der Waals surface area contributed by atoms with Crippen LogP contribution >= 0.6 is 11.6 Å². The molecule has 9 nitrogen and oxygen atoms in total. The second-order valence-electron chi connectivity index (χ2n) is 14.2. The van der Waals surface area contributed by atoms with Crippen molar-refractivity contribution in [2.75, 3.05) is 40.9 Å². The van der Waals surface area contributed by atoms with E-state index in [9.17, 15) is 13.2 Å². The van der Waals surface area contributed by atoms with E-state index in [1.807, 2.05) is 60.7 Å². The van der Waals surface area contributed by atoms with Gasteiger partial charge in [-0.2, -0.15) is 0 Å². The van der Waals surface area contributed by atoms with E-state index in [4.69, 9.17) is 26.3 Å². The van der Waals surface area contributed by atoms with E-state index in [0.29, 0.717) is 79.1 Å². The van der Waals surface area contributed by atoms with Crippen molar-refractivity contribution < 1.29 is 17.9 Å². The van der Waals surface area contributed by atoms with Crippen LogP contribution in [0.15, 0.2) is 72.8 Å². The van der Waals surface area contributed by atoms with Crippen molar-refractivity contribution in [2.45, 2.75) is 85.0 Å². The number of fused-ring (bicyclic) bond motifs is 2. The van der Waals surface area contributed by atoms with E-state index in [1.54, 1.807) is 12.1 Å². The number of ketones is 1. The Labute approximate surface area is 330 Å². The Balaban J connectivity index is 1.31. The molecule has 0 aliphatic heterocycles. The first-order valence-electron chi connectivity index (χ1n) is 19.7. The molecule has 1 aliphatic carbocycles. The Kier molecular flexibility index (Phi) is 13.3. The first-order chi connectivity index (χ1) is 26.6. The van der Waals surface area contributed by atoms with Crippen molar-refractivity contribution in [2.24, 2.45) is 0 Å². The van der Waals surface area contributed by atoms with E-state index < -0.39 is 10.0 Å². The molecule has 0 atom stereocenters. The predicted molar refractivity (Wildman–Crippen MR) is 228 cm³/mol. The van der Waals surface area contributed by atoms with Crippen molar-refractivity contribution in [1.82, 2.24) is 9.97 Å². The maximum atomic E-state index is 14.3. The Bertz CT molecular complexity index is 2260. The molecule has 0 fully saturated rings. The monoisotopic (exact) mass is 781 g/mol. The van der Waals surface area contributed by atoms with Gasteiger partial charge in [-0.1, -0.05) is 101 Å². The van der Waals surface area contributed by atoms with Crippen LogP contribution < -0.4 is 19.7 Å². The van der Waals surface area contributed by atoms with Crippen LogP contribution in [-0.2, 0) is 10.0 Å². The minimum atomic E-state index is -3.63. The van der Waals surface area contributed by atoms with Crippen molar-refractivity contribution in [1.29, 1.82) is 0 Å². The van der Waals surface area contributed by atoms with Gasteiger partial charge in [0.25, 0.3) is 0 Å². The van der Waals surface area contributed by atoms with Gasteiger partial charge in [0.15, 0.2) is 11.6 Å². The van der Waals surface area contributed by atoms with Crippen LogP contribution in [0.4, 0.5) is 22.7 Å². The molecule has 2 N–H and O–H groups in total. The summed E-state index contributed by atoms with van der Waals surface area (Å²) >= 11 is 6.50. The fourth-order valence-electron chi connectivity index (χ4n) is 7.34. The summed E-state index contributed by atoms with van der Waals surface area (Å²) in [5.74, 6) is 0.848. The zero-order chi connectivity index (χ0) is 39.0. The molecule has 0 bridgehead atoms. The molecule has 5 aromatic rings. The van der Waals surface area contributed by atoms with Crippen molar-refractivity contribution in [3.8, 4) is 28.4 Å². The highest BCUT2D eigenvalue weighted by Crippen LogP contribution is 2.44. The Morgan fingerprint density at radius 1 is 0.727 bits per heavy atom. The third kappa shape index (κ3) is 9.59. The number of nitrogens with zero attached hydrogens (tertiary/aromatic N) is 3. The fraction of sp³-hybridized carbons (Fsp3) is 0.386. The van der Waals surface area contributed by atoms with Crippen LogP contribution in [-0.4, -0.2) is 50.1 Å². The average molecular weight is 782 g/mol. The second kappa shape index (κ2) is 18.3. The minimum absolute atomic E-state index is 0.148. The van der Waals surface area contributed by atoms with Crippen molar-refractivity contribution in [3.05, 3.63) is 88.9 Å². The van der Waals surface area contributed by atoms with Gasteiger partial charge in [0.1, 0.15) is 5.75 Å². The summed E-state index contributed by atoms with van der Waals surface area (Å²) in [4.78, 5) is 26.5. The van der Waals surface area contributed by atoms with Crippen LogP contribution in [0, 0.1) is 0 Å². The van der Waals surface area contributed by atoms with Gasteiger partial charge in [0.05, 0.1) is 46.7 Å². The number of rotatable bonds is 20. The Morgan fingerprint density at radius 3 is 2.11 bits per heavy atom. The first-order valence-corrected chi connectivity index (χ1v) is 21.9. The van der Waals surface area contributed by atoms with Gasteiger partial charge >= 0.3 is 0 Å². The number of carbonyl (C=O) groups excluding carboxylic acids is 1. The zero-order valence-corrected chi connectivity index (χ0v) is 34.0. The SMILES string of the molecule is CCCCCCCCCCCCOc1ccc(Cl)cc1Nc1ccc2nc(-c3ccc(N(CC)CC)cc3NS(C)(=O)=O)nc3c2c1C(=O)c1ccccc1-3. The Morgan fingerprint density at radius 2 is 1.42 bits per heavy atom. The van der Waals surface area contributed by atoms with Gasteiger partial charge in [0, 0.05) is 45.9 Å². The maximum Gasteiger partial charge on any atom is 0.229 e. The lowest BCUT2D eigenvalue weighted by Crippen LogP contribution is -2.22. The zero-order valence-electron chi connectivity index (χ0n) is 32.4. The van der Waals surface area contributed by atoms with Crippen molar-refractivity contribution >= 4 is 61.1 Å². The molecule has 6 rings (SSSR count). The number of unbranched alkanes of at least 4 members (excludes halogenated alkanes) is 9. The number of aromatic nitrogens is 2. The molecule has 0 saturated heterocycles. The van der Waals surface area contributed by atoms with E-state index in [2.05, 4.69) is 35.7 Å². The molecule has 0 spiro atoms. The molecule has 0 saturated carbocycles. The van der Waals surface area contributed by atoms with Crippen molar-refractivity contribution in [3.63, 3.8) is 0 Å². The van der Waals surface area contributed by atoms with Gasteiger partial charge < -0.3 is 15.0 Å². The first kappa shape index (κ1) is 40.0. The quantitative estimate of drug-likeness (QED) is 0.0736. The van der Waals surface area contributed by atoms with Crippen LogP contribution in [0.25, 0.3) is 33.5 Å². The smallest absolute Gasteiger partial charge is 0.229 e. The fourth-order valence-corrected chi connectivity index (χ4v) is 8.08. The molecule has 1 heterocycles. The highest BCUT2D eigenvalue weighted by Gasteiger charge is 2.31. The lowest BCUT2D eigenvalue weighted by molar-refractivity contribution is 0.104. The Hall–Kier alpha value is -4.67. The van der Waals surface area contributed by atoms with E-state index in [1.165, 1.54) is 51.4 Å². The van der Waals surface area contributed by atoms with Gasteiger partial charge in [-0.25, -0.2) is 18.4 Å². The number of nitrogens with one attached hydrogen (secondary N) is 2. The summed E-state index contributed by atoms with van der Waals surface area (Å²) in [7, 11) is -3.63. The number of benzene rings is 4. The summed E-state index contributed by atoms with van der Waals surface area (Å²) in [5, 5.41) is 4.64. The maximum absolute atomic E-state index is 14.3. The predicted octanol–water partition coefficient (Wildman–Crippen LogP) is 11.4. The number of carbonyl (C=O) groups is 1. The molecule has 11 heteroatoms. The average Bonchev–Trinajstić information content (AvgIpc) is 3.16. The number of sulfonamides is 1. The lowest BCUT2D eigenvalue weighted by atomic mass is 9.85. The molecule has 4 aromatic carbocycles. The molecular formula is C44H52ClN5O4S. The minimum Gasteiger partial charge on any atom is -0.491 e. The summed E-state index contributed by atoms with van der Waals surface area (Å²) in [6.07, 6.45) is 13.6. The molecule has 55 heavy (non-hydrogen) atoms. The summed E-state index contributed by atoms with van der Waals surface area (Å²) < 4.78 is 34.1. The van der Waals surface area contributed by atoms with Crippen LogP contribution in [0.2, 0.25) is 5.02 Å². The normalized spacial score (nSPS) is 12.1. The second-order valence-corrected chi connectivity index (χ2v) is 16.4. The van der Waals surface area contributed by atoms with Crippen LogP contribution in [0.3, 0.4) is 0 Å². The molecule has 1 aromatic heterocycles. The number of hydrogen-bond acceptors (Lipinski definition) is 8. The molecule has 290 valence electrons.